The number of rotatable bonds is 2. The quantitative estimate of drug-likeness (QED) is 0.810. The number of amides is 1. The molecule has 2 heterocycles. The van der Waals surface area contributed by atoms with Crippen LogP contribution in [0, 0.1) is 5.41 Å². The van der Waals surface area contributed by atoms with Crippen LogP contribution in [0.2, 0.25) is 0 Å². The Morgan fingerprint density at radius 1 is 1.39 bits per heavy atom. The molecule has 0 spiro atoms. The molecular formula is C14H26N2O2. The third-order valence-corrected chi connectivity index (χ3v) is 4.56. The lowest BCUT2D eigenvalue weighted by molar-refractivity contribution is -0.156. The summed E-state index contributed by atoms with van der Waals surface area (Å²) >= 11 is 0. The molecule has 0 bridgehead atoms. The summed E-state index contributed by atoms with van der Waals surface area (Å²) in [7, 11) is 0. The Morgan fingerprint density at radius 2 is 2.06 bits per heavy atom. The number of hydrogen-bond acceptors (Lipinski definition) is 3. The van der Waals surface area contributed by atoms with E-state index in [1.807, 2.05) is 6.92 Å². The fourth-order valence-electron chi connectivity index (χ4n) is 3.11. The molecule has 0 radical (unpaired) electrons. The average molecular weight is 254 g/mol. The molecule has 2 fully saturated rings. The summed E-state index contributed by atoms with van der Waals surface area (Å²) in [5.41, 5.74) is -0.128. The molecular weight excluding hydrogens is 228 g/mol. The van der Waals surface area contributed by atoms with Crippen LogP contribution in [-0.4, -0.2) is 49.2 Å². The Bertz CT molecular complexity index is 300. The van der Waals surface area contributed by atoms with E-state index in [0.717, 1.165) is 38.9 Å². The Labute approximate surface area is 110 Å². The van der Waals surface area contributed by atoms with Crippen LogP contribution in [-0.2, 0) is 9.53 Å². The first-order valence-corrected chi connectivity index (χ1v) is 7.22. The summed E-state index contributed by atoms with van der Waals surface area (Å²) in [6, 6.07) is 0.215. The van der Waals surface area contributed by atoms with Gasteiger partial charge in [0.2, 0.25) is 5.91 Å². The molecule has 2 atom stereocenters. The summed E-state index contributed by atoms with van der Waals surface area (Å²) in [6.45, 7) is 9.64. The second-order valence-electron chi connectivity index (χ2n) is 5.83. The van der Waals surface area contributed by atoms with Crippen molar-refractivity contribution in [3.8, 4) is 0 Å². The van der Waals surface area contributed by atoms with Gasteiger partial charge in [0.15, 0.2) is 0 Å². The molecule has 2 rings (SSSR count). The molecule has 104 valence electrons. The number of ether oxygens (including phenoxy) is 1. The van der Waals surface area contributed by atoms with Gasteiger partial charge in [-0.1, -0.05) is 6.92 Å². The SMILES string of the molecule is CCC1(C(=O)N2CC(C)OCC2C)CCNCC1. The van der Waals surface area contributed by atoms with Crippen molar-refractivity contribution < 1.29 is 9.53 Å². The van der Waals surface area contributed by atoms with E-state index in [2.05, 4.69) is 24.1 Å². The number of nitrogens with one attached hydrogen (secondary N) is 1. The molecule has 1 N–H and O–H groups in total. The Balaban J connectivity index is 2.12. The van der Waals surface area contributed by atoms with E-state index in [4.69, 9.17) is 4.74 Å². The second kappa shape index (κ2) is 5.57. The summed E-state index contributed by atoms with van der Waals surface area (Å²) in [5.74, 6) is 0.356. The Hall–Kier alpha value is -0.610. The van der Waals surface area contributed by atoms with Crippen molar-refractivity contribution in [3.63, 3.8) is 0 Å². The minimum absolute atomic E-state index is 0.128. The van der Waals surface area contributed by atoms with Crippen LogP contribution in [0.1, 0.15) is 40.0 Å². The molecule has 4 nitrogen and oxygen atoms in total. The zero-order valence-electron chi connectivity index (χ0n) is 11.9. The van der Waals surface area contributed by atoms with E-state index >= 15 is 0 Å². The normalized spacial score (nSPS) is 32.3. The fraction of sp³-hybridized carbons (Fsp3) is 0.929. The van der Waals surface area contributed by atoms with Gasteiger partial charge in [-0.25, -0.2) is 0 Å². The minimum atomic E-state index is -0.128. The molecule has 0 saturated carbocycles. The topological polar surface area (TPSA) is 41.6 Å². The molecule has 2 unspecified atom stereocenters. The van der Waals surface area contributed by atoms with Crippen LogP contribution < -0.4 is 5.32 Å². The molecule has 2 aliphatic rings. The van der Waals surface area contributed by atoms with Crippen molar-refractivity contribution in [2.24, 2.45) is 5.41 Å². The first-order valence-electron chi connectivity index (χ1n) is 7.22. The van der Waals surface area contributed by atoms with Crippen LogP contribution in [0.15, 0.2) is 0 Å². The largest absolute Gasteiger partial charge is 0.375 e. The van der Waals surface area contributed by atoms with Gasteiger partial charge >= 0.3 is 0 Å². The second-order valence-corrected chi connectivity index (χ2v) is 5.83. The molecule has 4 heteroatoms. The van der Waals surface area contributed by atoms with Crippen LogP contribution in [0.5, 0.6) is 0 Å². The number of nitrogens with zero attached hydrogens (tertiary/aromatic N) is 1. The Kier molecular flexibility index (Phi) is 4.28. The van der Waals surface area contributed by atoms with Gasteiger partial charge in [-0.05, 0) is 46.2 Å². The predicted octanol–water partition coefficient (Wildman–Crippen LogP) is 1.40. The standard InChI is InChI=1S/C14H26N2O2/c1-4-14(5-7-15-8-6-14)13(17)16-9-12(3)18-10-11(16)2/h11-12,15H,4-10H2,1-3H3. The van der Waals surface area contributed by atoms with Gasteiger partial charge in [0, 0.05) is 6.54 Å². The summed E-state index contributed by atoms with van der Waals surface area (Å²) in [5, 5.41) is 3.36. The summed E-state index contributed by atoms with van der Waals surface area (Å²) in [6.07, 6.45) is 3.06. The molecule has 0 aromatic carbocycles. The maximum atomic E-state index is 12.9. The average Bonchev–Trinajstić information content (AvgIpc) is 2.41. The lowest BCUT2D eigenvalue weighted by atomic mass is 9.75. The van der Waals surface area contributed by atoms with Gasteiger partial charge in [-0.3, -0.25) is 4.79 Å². The van der Waals surface area contributed by atoms with E-state index in [-0.39, 0.29) is 17.6 Å². The van der Waals surface area contributed by atoms with Crippen molar-refractivity contribution in [1.29, 1.82) is 0 Å². The smallest absolute Gasteiger partial charge is 0.229 e. The molecule has 2 saturated heterocycles. The van der Waals surface area contributed by atoms with Gasteiger partial charge in [-0.15, -0.1) is 0 Å². The maximum absolute atomic E-state index is 12.9. The van der Waals surface area contributed by atoms with Gasteiger partial charge in [0.25, 0.3) is 0 Å². The van der Waals surface area contributed by atoms with Crippen molar-refractivity contribution >= 4 is 5.91 Å². The van der Waals surface area contributed by atoms with Crippen LogP contribution in [0.4, 0.5) is 0 Å². The number of hydrogen-bond donors (Lipinski definition) is 1. The van der Waals surface area contributed by atoms with Crippen molar-refractivity contribution in [1.82, 2.24) is 10.2 Å². The predicted molar refractivity (Wildman–Crippen MR) is 71.4 cm³/mol. The van der Waals surface area contributed by atoms with Gasteiger partial charge < -0.3 is 15.0 Å². The highest BCUT2D eigenvalue weighted by molar-refractivity contribution is 5.83. The van der Waals surface area contributed by atoms with E-state index in [1.54, 1.807) is 0 Å². The lowest BCUT2D eigenvalue weighted by Gasteiger charge is -2.44. The van der Waals surface area contributed by atoms with Crippen LogP contribution >= 0.6 is 0 Å². The first-order chi connectivity index (χ1) is 8.59. The summed E-state index contributed by atoms with van der Waals surface area (Å²) in [4.78, 5) is 15.0. The van der Waals surface area contributed by atoms with Crippen molar-refractivity contribution in [2.75, 3.05) is 26.2 Å². The maximum Gasteiger partial charge on any atom is 0.229 e. The number of carbonyl (C=O) groups excluding carboxylic acids is 1. The van der Waals surface area contributed by atoms with E-state index in [9.17, 15) is 4.79 Å². The zero-order chi connectivity index (χ0) is 13.2. The highest BCUT2D eigenvalue weighted by Gasteiger charge is 2.42. The highest BCUT2D eigenvalue weighted by Crippen LogP contribution is 2.35. The van der Waals surface area contributed by atoms with Gasteiger partial charge in [0.1, 0.15) is 0 Å². The third-order valence-electron chi connectivity index (χ3n) is 4.56. The molecule has 0 aliphatic carbocycles. The number of morpholine rings is 1. The zero-order valence-corrected chi connectivity index (χ0v) is 11.9. The van der Waals surface area contributed by atoms with Crippen LogP contribution in [0.3, 0.4) is 0 Å². The minimum Gasteiger partial charge on any atom is -0.375 e. The lowest BCUT2D eigenvalue weighted by Crippen LogP contribution is -2.56. The molecule has 0 aromatic heterocycles. The monoisotopic (exact) mass is 254 g/mol. The third kappa shape index (κ3) is 2.54. The van der Waals surface area contributed by atoms with E-state index in [1.165, 1.54) is 0 Å². The first kappa shape index (κ1) is 13.8. The number of piperidine rings is 1. The number of carbonyl (C=O) groups is 1. The van der Waals surface area contributed by atoms with Crippen molar-refractivity contribution in [3.05, 3.63) is 0 Å². The van der Waals surface area contributed by atoms with E-state index in [0.29, 0.717) is 12.5 Å². The van der Waals surface area contributed by atoms with Gasteiger partial charge in [-0.2, -0.15) is 0 Å². The van der Waals surface area contributed by atoms with Gasteiger partial charge in [0.05, 0.1) is 24.2 Å². The van der Waals surface area contributed by atoms with Crippen LogP contribution in [0.25, 0.3) is 0 Å². The highest BCUT2D eigenvalue weighted by atomic mass is 16.5. The molecule has 0 aromatic rings. The summed E-state index contributed by atoms with van der Waals surface area (Å²) < 4.78 is 5.62. The molecule has 1 amide bonds. The molecule has 18 heavy (non-hydrogen) atoms. The fourth-order valence-corrected chi connectivity index (χ4v) is 3.11. The Morgan fingerprint density at radius 3 is 2.67 bits per heavy atom. The van der Waals surface area contributed by atoms with Crippen molar-refractivity contribution in [2.45, 2.75) is 52.2 Å². The van der Waals surface area contributed by atoms with E-state index < -0.39 is 0 Å². The molecule has 2 aliphatic heterocycles.